The van der Waals surface area contributed by atoms with E-state index in [1.807, 2.05) is 24.3 Å². The topological polar surface area (TPSA) is 43.1 Å². The molecule has 0 bridgehead atoms. The molecule has 3 aromatic rings. The lowest BCUT2D eigenvalue weighted by molar-refractivity contribution is 0.942. The van der Waals surface area contributed by atoms with Crippen LogP contribution in [-0.4, -0.2) is 19.6 Å². The second-order valence-electron chi connectivity index (χ2n) is 3.55. The van der Waals surface area contributed by atoms with Gasteiger partial charge in [0, 0.05) is 4.47 Å². The Hall–Kier alpha value is -1.17. The van der Waals surface area contributed by atoms with E-state index in [-0.39, 0.29) is 0 Å². The first-order chi connectivity index (χ1) is 8.66. The molecule has 0 saturated heterocycles. The lowest BCUT2D eigenvalue weighted by Gasteiger charge is -2.07. The molecular formula is C11H5BrCl2N4. The van der Waals surface area contributed by atoms with Gasteiger partial charge in [0.25, 0.3) is 5.78 Å². The average Bonchev–Trinajstić information content (AvgIpc) is 2.80. The number of nitrogens with zero attached hydrogens (tertiary/aromatic N) is 4. The van der Waals surface area contributed by atoms with Gasteiger partial charge < -0.3 is 0 Å². The normalized spacial score (nSPS) is 11.1. The summed E-state index contributed by atoms with van der Waals surface area (Å²) in [6, 6.07) is 7.63. The summed E-state index contributed by atoms with van der Waals surface area (Å²) in [5, 5.41) is 4.71. The lowest BCUT2D eigenvalue weighted by atomic mass is 10.1. The van der Waals surface area contributed by atoms with Crippen molar-refractivity contribution in [3.05, 3.63) is 45.4 Å². The zero-order valence-electron chi connectivity index (χ0n) is 8.81. The summed E-state index contributed by atoms with van der Waals surface area (Å²) in [4.78, 5) is 8.11. The monoisotopic (exact) mass is 342 g/mol. The highest BCUT2D eigenvalue weighted by atomic mass is 79.9. The Balaban J connectivity index is 2.30. The number of benzene rings is 1. The number of halogens is 3. The molecule has 7 heteroatoms. The summed E-state index contributed by atoms with van der Waals surface area (Å²) in [5.74, 6) is 0.380. The second-order valence-corrected chi connectivity index (χ2v) is 5.18. The molecule has 0 unspecified atom stereocenters. The smallest absolute Gasteiger partial charge is 0.198 e. The first-order valence-corrected chi connectivity index (χ1v) is 6.52. The average molecular weight is 344 g/mol. The Morgan fingerprint density at radius 1 is 1.11 bits per heavy atom. The van der Waals surface area contributed by atoms with Gasteiger partial charge in [-0.1, -0.05) is 51.3 Å². The molecule has 0 aliphatic rings. The zero-order valence-corrected chi connectivity index (χ0v) is 11.9. The Kier molecular flexibility index (Phi) is 2.97. The predicted octanol–water partition coefficient (Wildman–Crippen LogP) is 3.86. The summed E-state index contributed by atoms with van der Waals surface area (Å²) in [7, 11) is 0. The third kappa shape index (κ3) is 1.88. The van der Waals surface area contributed by atoms with E-state index < -0.39 is 0 Å². The van der Waals surface area contributed by atoms with E-state index in [1.165, 1.54) is 10.8 Å². The number of fused-ring (bicyclic) bond motifs is 1. The fourth-order valence-corrected chi connectivity index (χ4v) is 2.54. The molecule has 0 spiro atoms. The van der Waals surface area contributed by atoms with Gasteiger partial charge in [-0.25, -0.2) is 0 Å². The van der Waals surface area contributed by atoms with Crippen LogP contribution in [0.25, 0.3) is 16.9 Å². The van der Waals surface area contributed by atoms with Crippen LogP contribution < -0.4 is 0 Å². The molecule has 0 amide bonds. The highest BCUT2D eigenvalue weighted by molar-refractivity contribution is 9.10. The zero-order chi connectivity index (χ0) is 12.7. The van der Waals surface area contributed by atoms with Gasteiger partial charge in [-0.3, -0.25) is 0 Å². The SMILES string of the molecule is Clc1nc2ncnn2c(Cl)c1-c1ccc(Br)cc1. The molecule has 3 rings (SSSR count). The van der Waals surface area contributed by atoms with Crippen molar-refractivity contribution in [3.63, 3.8) is 0 Å². The summed E-state index contributed by atoms with van der Waals surface area (Å²) >= 11 is 15.8. The lowest BCUT2D eigenvalue weighted by Crippen LogP contribution is -1.97. The molecule has 2 aromatic heterocycles. The van der Waals surface area contributed by atoms with Crippen molar-refractivity contribution in [3.8, 4) is 11.1 Å². The van der Waals surface area contributed by atoms with Gasteiger partial charge >= 0.3 is 0 Å². The van der Waals surface area contributed by atoms with Crippen LogP contribution in [0.2, 0.25) is 10.3 Å². The fraction of sp³-hybridized carbons (Fsp3) is 0. The summed E-state index contributed by atoms with van der Waals surface area (Å²) < 4.78 is 2.43. The van der Waals surface area contributed by atoms with E-state index in [0.29, 0.717) is 21.6 Å². The Labute approximate surface area is 121 Å². The molecule has 1 aromatic carbocycles. The Morgan fingerprint density at radius 3 is 2.56 bits per heavy atom. The van der Waals surface area contributed by atoms with E-state index in [4.69, 9.17) is 23.2 Å². The van der Waals surface area contributed by atoms with E-state index in [0.717, 1.165) is 10.0 Å². The molecule has 90 valence electrons. The molecule has 2 heterocycles. The maximum absolute atomic E-state index is 6.29. The first-order valence-electron chi connectivity index (χ1n) is 4.97. The van der Waals surface area contributed by atoms with Gasteiger partial charge in [-0.15, -0.1) is 0 Å². The maximum Gasteiger partial charge on any atom is 0.255 e. The van der Waals surface area contributed by atoms with Gasteiger partial charge in [0.2, 0.25) is 0 Å². The standard InChI is InChI=1S/C11H5BrCl2N4/c12-7-3-1-6(2-4-7)8-9(13)17-11-15-5-16-18(11)10(8)14/h1-5H. The van der Waals surface area contributed by atoms with Crippen molar-refractivity contribution >= 4 is 44.9 Å². The molecule has 4 nitrogen and oxygen atoms in total. The molecule has 0 aliphatic carbocycles. The third-order valence-corrected chi connectivity index (χ3v) is 3.61. The first kappa shape index (κ1) is 11.9. The van der Waals surface area contributed by atoms with Gasteiger partial charge in [0.05, 0.1) is 5.56 Å². The van der Waals surface area contributed by atoms with Crippen LogP contribution in [0.15, 0.2) is 35.1 Å². The number of rotatable bonds is 1. The van der Waals surface area contributed by atoms with Gasteiger partial charge in [-0.05, 0) is 17.7 Å². The minimum Gasteiger partial charge on any atom is -0.198 e. The van der Waals surface area contributed by atoms with Gasteiger partial charge in [0.1, 0.15) is 16.6 Å². The van der Waals surface area contributed by atoms with Crippen LogP contribution >= 0.6 is 39.1 Å². The van der Waals surface area contributed by atoms with Gasteiger partial charge in [-0.2, -0.15) is 19.6 Å². The van der Waals surface area contributed by atoms with E-state index >= 15 is 0 Å². The molecule has 0 fully saturated rings. The predicted molar refractivity (Wildman–Crippen MR) is 73.9 cm³/mol. The van der Waals surface area contributed by atoms with Crippen molar-refractivity contribution in [1.29, 1.82) is 0 Å². The van der Waals surface area contributed by atoms with Gasteiger partial charge in [0.15, 0.2) is 0 Å². The van der Waals surface area contributed by atoms with E-state index in [2.05, 4.69) is 31.0 Å². The molecule has 0 atom stereocenters. The van der Waals surface area contributed by atoms with Crippen molar-refractivity contribution < 1.29 is 0 Å². The minimum absolute atomic E-state index is 0.308. The van der Waals surface area contributed by atoms with Crippen LogP contribution in [0.4, 0.5) is 0 Å². The number of hydrogen-bond donors (Lipinski definition) is 0. The number of aromatic nitrogens is 4. The molecular weight excluding hydrogens is 339 g/mol. The summed E-state index contributed by atoms with van der Waals surface area (Å²) in [6.45, 7) is 0. The minimum atomic E-state index is 0.308. The van der Waals surface area contributed by atoms with Crippen LogP contribution in [0.3, 0.4) is 0 Å². The molecule has 0 aliphatic heterocycles. The van der Waals surface area contributed by atoms with Crippen molar-refractivity contribution in [2.24, 2.45) is 0 Å². The van der Waals surface area contributed by atoms with E-state index in [1.54, 1.807) is 0 Å². The summed E-state index contributed by atoms with van der Waals surface area (Å²) in [5.41, 5.74) is 1.52. The van der Waals surface area contributed by atoms with Crippen molar-refractivity contribution in [2.75, 3.05) is 0 Å². The fourth-order valence-electron chi connectivity index (χ4n) is 1.64. The largest absolute Gasteiger partial charge is 0.255 e. The quantitative estimate of drug-likeness (QED) is 0.630. The highest BCUT2D eigenvalue weighted by Gasteiger charge is 2.15. The van der Waals surface area contributed by atoms with Crippen LogP contribution in [0, 0.1) is 0 Å². The molecule has 0 N–H and O–H groups in total. The van der Waals surface area contributed by atoms with Crippen LogP contribution in [0.1, 0.15) is 0 Å². The maximum atomic E-state index is 6.29. The third-order valence-electron chi connectivity index (χ3n) is 2.46. The molecule has 18 heavy (non-hydrogen) atoms. The number of hydrogen-bond acceptors (Lipinski definition) is 3. The molecule has 0 radical (unpaired) electrons. The van der Waals surface area contributed by atoms with Crippen molar-refractivity contribution in [1.82, 2.24) is 19.6 Å². The van der Waals surface area contributed by atoms with Crippen LogP contribution in [0.5, 0.6) is 0 Å². The Bertz CT molecular complexity index is 724. The van der Waals surface area contributed by atoms with Crippen molar-refractivity contribution in [2.45, 2.75) is 0 Å². The molecule has 0 saturated carbocycles. The second kappa shape index (κ2) is 4.50. The Morgan fingerprint density at radius 2 is 1.83 bits per heavy atom. The highest BCUT2D eigenvalue weighted by Crippen LogP contribution is 2.33. The summed E-state index contributed by atoms with van der Waals surface area (Å²) in [6.07, 6.45) is 1.38. The van der Waals surface area contributed by atoms with Crippen LogP contribution in [-0.2, 0) is 0 Å². The van der Waals surface area contributed by atoms with E-state index in [9.17, 15) is 0 Å².